The average Bonchev–Trinajstić information content (AvgIpc) is 2.48. The first-order chi connectivity index (χ1) is 9.31. The molecule has 0 saturated heterocycles. The molecule has 1 unspecified atom stereocenters. The molecule has 0 heterocycles. The quantitative estimate of drug-likeness (QED) is 0.482. The van der Waals surface area contributed by atoms with Crippen molar-refractivity contribution in [2.24, 2.45) is 0 Å². The van der Waals surface area contributed by atoms with Crippen molar-refractivity contribution in [3.05, 3.63) is 66.2 Å². The molecule has 2 rings (SSSR count). The summed E-state index contributed by atoms with van der Waals surface area (Å²) in [5, 5.41) is 0. The Labute approximate surface area is 120 Å². The third kappa shape index (κ3) is 3.83. The average molecular weight is 313 g/mol. The van der Waals surface area contributed by atoms with Crippen LogP contribution in [0.5, 0.6) is 0 Å². The minimum atomic E-state index is -0.206. The summed E-state index contributed by atoms with van der Waals surface area (Å²) >= 11 is 0.0389. The predicted molar refractivity (Wildman–Crippen MR) is 79.8 cm³/mol. The Morgan fingerprint density at radius 2 is 1.58 bits per heavy atom. The molecule has 0 fully saturated rings. The van der Waals surface area contributed by atoms with Crippen molar-refractivity contribution < 1.29 is 4.79 Å². The summed E-state index contributed by atoms with van der Waals surface area (Å²) < 4.78 is 1.20. The van der Waals surface area contributed by atoms with Gasteiger partial charge in [-0.15, -0.1) is 0 Å². The van der Waals surface area contributed by atoms with Gasteiger partial charge in [0.25, 0.3) is 0 Å². The molecule has 1 atom stereocenters. The Morgan fingerprint density at radius 3 is 2.16 bits per heavy atom. The molecule has 0 radical (unpaired) electrons. The summed E-state index contributed by atoms with van der Waals surface area (Å²) in [4.78, 5) is 12.2. The number of rotatable bonds is 4. The molecular weight excluding hydrogens is 299 g/mol. The van der Waals surface area contributed by atoms with E-state index in [1.807, 2.05) is 48.5 Å². The molecule has 2 aromatic rings. The Hall–Kier alpha value is -1.81. The van der Waals surface area contributed by atoms with Crippen molar-refractivity contribution in [3.63, 3.8) is 0 Å². The molecule has 0 saturated carbocycles. The fourth-order valence-corrected chi connectivity index (χ4v) is 3.78. The topological polar surface area (TPSA) is 17.1 Å². The van der Waals surface area contributed by atoms with Crippen molar-refractivity contribution in [2.75, 3.05) is 0 Å². The molecule has 0 aliphatic rings. The van der Waals surface area contributed by atoms with Gasteiger partial charge >= 0.3 is 120 Å². The molecule has 0 N–H and O–H groups in total. The zero-order chi connectivity index (χ0) is 13.5. The van der Waals surface area contributed by atoms with Crippen LogP contribution in [0.15, 0.2) is 60.7 Å². The molecule has 19 heavy (non-hydrogen) atoms. The van der Waals surface area contributed by atoms with Crippen molar-refractivity contribution in [1.82, 2.24) is 0 Å². The standard InChI is InChI=1S/C17H14OSe/c1-2-9-16(19-15-12-7-4-8-13-15)17(18)14-10-5-3-6-11-14/h3-8,10-13,16H,1H3. The van der Waals surface area contributed by atoms with Crippen LogP contribution in [-0.2, 0) is 0 Å². The SMILES string of the molecule is CC#CC([Se]c1ccccc1)C(=O)c1ccccc1. The zero-order valence-electron chi connectivity index (χ0n) is 10.7. The first kappa shape index (κ1) is 13.6. The van der Waals surface area contributed by atoms with Gasteiger partial charge in [0.05, 0.1) is 0 Å². The first-order valence-electron chi connectivity index (χ1n) is 6.04. The number of hydrogen-bond acceptors (Lipinski definition) is 1. The molecule has 0 amide bonds. The van der Waals surface area contributed by atoms with Gasteiger partial charge in [0.1, 0.15) is 0 Å². The number of benzene rings is 2. The number of Topliss-reactive ketones (excluding diaryl/α,β-unsaturated/α-hetero) is 1. The van der Waals surface area contributed by atoms with E-state index < -0.39 is 0 Å². The van der Waals surface area contributed by atoms with Crippen LogP contribution in [0, 0.1) is 11.8 Å². The van der Waals surface area contributed by atoms with Crippen molar-refractivity contribution in [1.29, 1.82) is 0 Å². The molecule has 1 nitrogen and oxygen atoms in total. The molecule has 0 aromatic heterocycles. The molecule has 0 aliphatic carbocycles. The van der Waals surface area contributed by atoms with Crippen molar-refractivity contribution in [3.8, 4) is 11.8 Å². The maximum atomic E-state index is 12.5. The summed E-state index contributed by atoms with van der Waals surface area (Å²) in [5.74, 6) is 6.06. The fourth-order valence-electron chi connectivity index (χ4n) is 1.67. The molecule has 94 valence electrons. The van der Waals surface area contributed by atoms with E-state index in [4.69, 9.17) is 0 Å². The van der Waals surface area contributed by atoms with Gasteiger partial charge in [0.2, 0.25) is 0 Å². The summed E-state index contributed by atoms with van der Waals surface area (Å²) in [7, 11) is 0. The van der Waals surface area contributed by atoms with E-state index >= 15 is 0 Å². The zero-order valence-corrected chi connectivity index (χ0v) is 12.4. The number of ketones is 1. The molecular formula is C17H14OSe. The molecule has 0 aliphatic heterocycles. The van der Waals surface area contributed by atoms with Gasteiger partial charge < -0.3 is 0 Å². The normalized spacial score (nSPS) is 11.2. The monoisotopic (exact) mass is 314 g/mol. The Kier molecular flexibility index (Phi) is 4.98. The van der Waals surface area contributed by atoms with E-state index in [2.05, 4.69) is 24.0 Å². The van der Waals surface area contributed by atoms with E-state index in [9.17, 15) is 4.79 Å². The van der Waals surface area contributed by atoms with Crippen LogP contribution in [-0.4, -0.2) is 20.7 Å². The van der Waals surface area contributed by atoms with Gasteiger partial charge in [0.15, 0.2) is 0 Å². The number of hydrogen-bond donors (Lipinski definition) is 0. The van der Waals surface area contributed by atoms with E-state index in [0.29, 0.717) is 0 Å². The van der Waals surface area contributed by atoms with E-state index in [-0.39, 0.29) is 25.6 Å². The summed E-state index contributed by atoms with van der Waals surface area (Å²) in [6, 6.07) is 19.5. The number of carbonyl (C=O) groups is 1. The molecule has 2 heteroatoms. The van der Waals surface area contributed by atoms with E-state index in [1.54, 1.807) is 6.92 Å². The molecule has 0 spiro atoms. The van der Waals surface area contributed by atoms with Crippen LogP contribution in [0.2, 0.25) is 4.82 Å². The van der Waals surface area contributed by atoms with Crippen LogP contribution in [0.25, 0.3) is 0 Å². The molecule has 2 aromatic carbocycles. The van der Waals surface area contributed by atoms with Crippen LogP contribution >= 0.6 is 0 Å². The third-order valence-electron chi connectivity index (χ3n) is 2.57. The summed E-state index contributed by atoms with van der Waals surface area (Å²) in [6.07, 6.45) is 0. The second kappa shape index (κ2) is 6.95. The Morgan fingerprint density at radius 1 is 1.00 bits per heavy atom. The second-order valence-electron chi connectivity index (χ2n) is 3.94. The predicted octanol–water partition coefficient (Wildman–Crippen LogP) is 2.71. The van der Waals surface area contributed by atoms with E-state index in [0.717, 1.165) is 5.56 Å². The van der Waals surface area contributed by atoms with Gasteiger partial charge in [-0.05, 0) is 0 Å². The number of carbonyl (C=O) groups excluding carboxylic acids is 1. The maximum absolute atomic E-state index is 12.5. The second-order valence-corrected chi connectivity index (χ2v) is 6.41. The van der Waals surface area contributed by atoms with Crippen LogP contribution in [0.1, 0.15) is 17.3 Å². The Balaban J connectivity index is 2.21. The fraction of sp³-hybridized carbons (Fsp3) is 0.118. The van der Waals surface area contributed by atoms with Gasteiger partial charge in [-0.25, -0.2) is 0 Å². The Bertz CT molecular complexity index is 593. The van der Waals surface area contributed by atoms with Gasteiger partial charge in [-0.3, -0.25) is 0 Å². The minimum absolute atomic E-state index is 0.0389. The van der Waals surface area contributed by atoms with Gasteiger partial charge in [-0.2, -0.15) is 0 Å². The van der Waals surface area contributed by atoms with E-state index in [1.165, 1.54) is 4.46 Å². The summed E-state index contributed by atoms with van der Waals surface area (Å²) in [6.45, 7) is 1.78. The van der Waals surface area contributed by atoms with Crippen LogP contribution in [0.4, 0.5) is 0 Å². The first-order valence-corrected chi connectivity index (χ1v) is 7.89. The van der Waals surface area contributed by atoms with Gasteiger partial charge in [-0.1, -0.05) is 0 Å². The van der Waals surface area contributed by atoms with Crippen molar-refractivity contribution >= 4 is 25.2 Å². The third-order valence-corrected chi connectivity index (χ3v) is 4.90. The van der Waals surface area contributed by atoms with Crippen LogP contribution in [0.3, 0.4) is 0 Å². The van der Waals surface area contributed by atoms with Gasteiger partial charge in [0, 0.05) is 0 Å². The van der Waals surface area contributed by atoms with Crippen LogP contribution < -0.4 is 4.46 Å². The molecule has 0 bridgehead atoms. The summed E-state index contributed by atoms with van der Waals surface area (Å²) in [5.41, 5.74) is 0.744. The van der Waals surface area contributed by atoms with Crippen molar-refractivity contribution in [2.45, 2.75) is 11.7 Å².